The van der Waals surface area contributed by atoms with Gasteiger partial charge < -0.3 is 45.1 Å². The average molecular weight is 1220 g/mol. The lowest BCUT2D eigenvalue weighted by molar-refractivity contribution is -0.305. The standard InChI is InChI=1S/C75H141NO10/c1-4-7-10-13-16-19-22-25-27-29-31-33-34-35-36-37-39-41-43-45-48-51-54-57-60-63-70(80)86-73-72(82)71(81)69(64-77)85-75(73)84-65-66(67(78)61-58-55-52-49-46-24-21-18-15-12-9-6-3)76-74(83)68(79)62-59-56-53-50-47-44-42-40-38-32-30-28-26-23-20-17-14-11-8-5-2/h16,19,25,27,58,61,66-69,71-73,75,77-79,81-82H,4-15,17-18,20-24,26,28-57,59-60,62-65H2,1-3H3,(H,76,83)/b19-16-,27-25-,61-58+. The zero-order chi connectivity index (χ0) is 62.4. The fourth-order valence-corrected chi connectivity index (χ4v) is 11.9. The van der Waals surface area contributed by atoms with Crippen molar-refractivity contribution in [1.29, 1.82) is 0 Å². The molecule has 1 rings (SSSR count). The molecule has 1 amide bonds. The molecule has 11 nitrogen and oxygen atoms in total. The quantitative estimate of drug-likeness (QED) is 0.0195. The SMILES string of the molecule is CCCCC/C=C\C/C=C\CCCCCCCCCCCCCCCCCC(=O)OC1C(OCC(NC(=O)C(O)CCCCCCCCCCCCCCCCCCCCCC)C(O)/C=C/CCCCCCCCCCCC)OC(CO)C(O)C1O. The number of nitrogens with one attached hydrogen (secondary N) is 1. The van der Waals surface area contributed by atoms with E-state index in [0.717, 1.165) is 64.2 Å². The minimum absolute atomic E-state index is 0.127. The number of hydrogen-bond donors (Lipinski definition) is 6. The van der Waals surface area contributed by atoms with Gasteiger partial charge in [0.25, 0.3) is 0 Å². The number of amides is 1. The maximum Gasteiger partial charge on any atom is 0.306 e. The summed E-state index contributed by atoms with van der Waals surface area (Å²) in [5, 5.41) is 57.3. The third-order valence-electron chi connectivity index (χ3n) is 17.8. The van der Waals surface area contributed by atoms with Gasteiger partial charge in [0.2, 0.25) is 5.91 Å². The predicted octanol–water partition coefficient (Wildman–Crippen LogP) is 19.4. The van der Waals surface area contributed by atoms with E-state index in [1.165, 1.54) is 257 Å². The van der Waals surface area contributed by atoms with Gasteiger partial charge in [0, 0.05) is 6.42 Å². The average Bonchev–Trinajstić information content (AvgIpc) is 3.39. The highest BCUT2D eigenvalue weighted by atomic mass is 16.7. The molecule has 0 saturated carbocycles. The van der Waals surface area contributed by atoms with Crippen LogP contribution >= 0.6 is 0 Å². The van der Waals surface area contributed by atoms with Crippen LogP contribution in [0.3, 0.4) is 0 Å². The Bertz CT molecular complexity index is 1540. The second-order valence-corrected chi connectivity index (χ2v) is 26.0. The summed E-state index contributed by atoms with van der Waals surface area (Å²) in [4.78, 5) is 26.7. The van der Waals surface area contributed by atoms with Gasteiger partial charge in [0.1, 0.15) is 24.4 Å². The summed E-state index contributed by atoms with van der Waals surface area (Å²) in [6.45, 7) is 5.83. The molecule has 1 aliphatic heterocycles. The molecule has 0 aliphatic carbocycles. The maximum atomic E-state index is 13.5. The van der Waals surface area contributed by atoms with E-state index in [0.29, 0.717) is 19.3 Å². The Morgan fingerprint density at radius 2 is 0.802 bits per heavy atom. The Morgan fingerprint density at radius 1 is 0.453 bits per heavy atom. The van der Waals surface area contributed by atoms with E-state index in [4.69, 9.17) is 14.2 Å². The molecule has 1 heterocycles. The summed E-state index contributed by atoms with van der Waals surface area (Å²) < 4.78 is 17.7. The van der Waals surface area contributed by atoms with Gasteiger partial charge in [-0.25, -0.2) is 0 Å². The van der Waals surface area contributed by atoms with E-state index >= 15 is 0 Å². The minimum Gasteiger partial charge on any atom is -0.454 e. The van der Waals surface area contributed by atoms with Crippen molar-refractivity contribution in [1.82, 2.24) is 5.32 Å². The number of aliphatic hydroxyl groups excluding tert-OH is 5. The van der Waals surface area contributed by atoms with E-state index in [1.54, 1.807) is 6.08 Å². The van der Waals surface area contributed by atoms with Gasteiger partial charge in [-0.3, -0.25) is 9.59 Å². The van der Waals surface area contributed by atoms with Crippen molar-refractivity contribution in [2.45, 2.75) is 416 Å². The highest BCUT2D eigenvalue weighted by Gasteiger charge is 2.47. The lowest BCUT2D eigenvalue weighted by atomic mass is 9.99. The van der Waals surface area contributed by atoms with E-state index in [9.17, 15) is 35.1 Å². The molecule has 6 N–H and O–H groups in total. The summed E-state index contributed by atoms with van der Waals surface area (Å²) in [7, 11) is 0. The van der Waals surface area contributed by atoms with Gasteiger partial charge in [-0.15, -0.1) is 0 Å². The van der Waals surface area contributed by atoms with Crippen LogP contribution in [-0.2, 0) is 23.8 Å². The third-order valence-corrected chi connectivity index (χ3v) is 17.8. The third kappa shape index (κ3) is 49.6. The van der Waals surface area contributed by atoms with Gasteiger partial charge in [-0.05, 0) is 57.8 Å². The number of unbranched alkanes of at least 4 members (excludes halogenated alkanes) is 47. The van der Waals surface area contributed by atoms with Gasteiger partial charge >= 0.3 is 5.97 Å². The largest absolute Gasteiger partial charge is 0.454 e. The fraction of sp³-hybridized carbons (Fsp3) is 0.893. The molecule has 0 aromatic carbocycles. The highest BCUT2D eigenvalue weighted by molar-refractivity contribution is 5.80. The normalized spacial score (nSPS) is 18.4. The number of ether oxygens (including phenoxy) is 3. The molecule has 506 valence electrons. The van der Waals surface area contributed by atoms with Crippen LogP contribution in [0.25, 0.3) is 0 Å². The van der Waals surface area contributed by atoms with E-state index in [-0.39, 0.29) is 13.0 Å². The maximum absolute atomic E-state index is 13.5. The van der Waals surface area contributed by atoms with Crippen molar-refractivity contribution in [2.24, 2.45) is 0 Å². The topological polar surface area (TPSA) is 175 Å². The van der Waals surface area contributed by atoms with E-state index < -0.39 is 67.4 Å². The minimum atomic E-state index is -1.61. The van der Waals surface area contributed by atoms with Crippen LogP contribution in [0.1, 0.15) is 367 Å². The lowest BCUT2D eigenvalue weighted by Gasteiger charge is -2.41. The second-order valence-electron chi connectivity index (χ2n) is 26.0. The summed E-state index contributed by atoms with van der Waals surface area (Å²) in [6.07, 6.45) is 67.6. The van der Waals surface area contributed by atoms with Crippen molar-refractivity contribution in [3.05, 3.63) is 36.5 Å². The van der Waals surface area contributed by atoms with Crippen LogP contribution in [0.15, 0.2) is 36.5 Å². The second kappa shape index (κ2) is 63.0. The first kappa shape index (κ1) is 81.9. The Labute approximate surface area is 530 Å². The summed E-state index contributed by atoms with van der Waals surface area (Å²) in [5.74, 6) is -1.18. The zero-order valence-corrected chi connectivity index (χ0v) is 56.5. The molecule has 1 saturated heterocycles. The number of hydrogen-bond acceptors (Lipinski definition) is 10. The van der Waals surface area contributed by atoms with Crippen LogP contribution in [0, 0.1) is 0 Å². The number of esters is 1. The Balaban J connectivity index is 2.53. The Hall–Kier alpha value is -2.12. The van der Waals surface area contributed by atoms with E-state index in [1.807, 2.05) is 6.08 Å². The monoisotopic (exact) mass is 1220 g/mol. The molecular formula is C75H141NO10. The van der Waals surface area contributed by atoms with Crippen LogP contribution in [0.5, 0.6) is 0 Å². The van der Waals surface area contributed by atoms with Crippen LogP contribution in [0.4, 0.5) is 0 Å². The molecule has 1 fully saturated rings. The zero-order valence-electron chi connectivity index (χ0n) is 56.5. The molecule has 86 heavy (non-hydrogen) atoms. The summed E-state index contributed by atoms with van der Waals surface area (Å²) in [5.41, 5.74) is 0. The molecular weight excluding hydrogens is 1070 g/mol. The molecule has 0 radical (unpaired) electrons. The van der Waals surface area contributed by atoms with Gasteiger partial charge in [0.05, 0.1) is 25.4 Å². The first-order chi connectivity index (χ1) is 42.2. The lowest BCUT2D eigenvalue weighted by Crippen LogP contribution is -2.61. The first-order valence-corrected chi connectivity index (χ1v) is 37.3. The van der Waals surface area contributed by atoms with E-state index in [2.05, 4.69) is 50.4 Å². The number of aliphatic hydroxyl groups is 5. The first-order valence-electron chi connectivity index (χ1n) is 37.3. The fourth-order valence-electron chi connectivity index (χ4n) is 11.9. The van der Waals surface area contributed by atoms with Crippen LogP contribution < -0.4 is 5.32 Å². The molecule has 11 heteroatoms. The number of allylic oxidation sites excluding steroid dienone is 5. The molecule has 1 aliphatic rings. The Morgan fingerprint density at radius 3 is 1.21 bits per heavy atom. The number of carbonyl (C=O) groups is 2. The molecule has 0 aromatic rings. The van der Waals surface area contributed by atoms with Crippen molar-refractivity contribution in [3.8, 4) is 0 Å². The highest BCUT2D eigenvalue weighted by Crippen LogP contribution is 2.27. The van der Waals surface area contributed by atoms with Crippen molar-refractivity contribution in [2.75, 3.05) is 13.2 Å². The van der Waals surface area contributed by atoms with Crippen molar-refractivity contribution in [3.63, 3.8) is 0 Å². The smallest absolute Gasteiger partial charge is 0.306 e. The Kier molecular flexibility index (Phi) is 60.0. The van der Waals surface area contributed by atoms with Crippen LogP contribution in [-0.4, -0.2) is 99.6 Å². The number of rotatable bonds is 65. The summed E-state index contributed by atoms with van der Waals surface area (Å²) in [6, 6.07) is -1.02. The predicted molar refractivity (Wildman–Crippen MR) is 361 cm³/mol. The van der Waals surface area contributed by atoms with Crippen LogP contribution in [0.2, 0.25) is 0 Å². The van der Waals surface area contributed by atoms with Crippen molar-refractivity contribution < 1.29 is 49.3 Å². The molecule has 8 unspecified atom stereocenters. The van der Waals surface area contributed by atoms with Gasteiger partial charge in [-0.2, -0.15) is 0 Å². The van der Waals surface area contributed by atoms with Gasteiger partial charge in [0.15, 0.2) is 12.4 Å². The molecule has 0 aromatic heterocycles. The molecule has 0 spiro atoms. The molecule has 0 bridgehead atoms. The molecule has 8 atom stereocenters. The van der Waals surface area contributed by atoms with Crippen molar-refractivity contribution >= 4 is 11.9 Å². The summed E-state index contributed by atoms with van der Waals surface area (Å²) >= 11 is 0. The number of carbonyl (C=O) groups excluding carboxylic acids is 2. The van der Waals surface area contributed by atoms with Gasteiger partial charge in [-0.1, -0.05) is 340 Å².